The van der Waals surface area contributed by atoms with E-state index in [-0.39, 0.29) is 27.5 Å². The van der Waals surface area contributed by atoms with Gasteiger partial charge < -0.3 is 11.1 Å². The molecule has 2 rings (SSSR count). The lowest BCUT2D eigenvalue weighted by Crippen LogP contribution is -2.25. The summed E-state index contributed by atoms with van der Waals surface area (Å²) in [6.45, 7) is 0.377. The number of carbonyl (C=O) groups excluding carboxylic acids is 1. The normalized spacial score (nSPS) is 10.4. The summed E-state index contributed by atoms with van der Waals surface area (Å²) in [5, 5.41) is 3.19. The van der Waals surface area contributed by atoms with E-state index in [2.05, 4.69) is 5.32 Å². The molecule has 3 N–H and O–H groups in total. The lowest BCUT2D eigenvalue weighted by molar-refractivity contribution is 0.0954. The van der Waals surface area contributed by atoms with Gasteiger partial charge in [0.15, 0.2) is 0 Å². The number of nitrogens with two attached hydrogens (primary N) is 1. The van der Waals surface area contributed by atoms with Gasteiger partial charge in [-0.3, -0.25) is 4.79 Å². The average Bonchev–Trinajstić information content (AvgIpc) is 2.44. The number of hydrogen-bond donors (Lipinski definition) is 2. The number of anilines is 1. The van der Waals surface area contributed by atoms with E-state index in [1.807, 2.05) is 0 Å². The molecule has 0 fully saturated rings. The molecule has 0 saturated heterocycles. The standard InChI is InChI=1S/C15H13Cl2FN2O/c16-12-7-10(8-13(17)14(12)19)15(21)20-5-4-9-2-1-3-11(18)6-9/h1-3,6-8H,4-5,19H2,(H,20,21). The van der Waals surface area contributed by atoms with Gasteiger partial charge in [-0.25, -0.2) is 4.39 Å². The number of hydrogen-bond acceptors (Lipinski definition) is 2. The predicted octanol–water partition coefficient (Wildman–Crippen LogP) is 3.69. The Morgan fingerprint density at radius 3 is 2.48 bits per heavy atom. The molecule has 21 heavy (non-hydrogen) atoms. The van der Waals surface area contributed by atoms with Crippen molar-refractivity contribution in [2.75, 3.05) is 12.3 Å². The van der Waals surface area contributed by atoms with Crippen LogP contribution in [0.3, 0.4) is 0 Å². The van der Waals surface area contributed by atoms with Crippen molar-refractivity contribution < 1.29 is 9.18 Å². The van der Waals surface area contributed by atoms with Gasteiger partial charge in [-0.2, -0.15) is 0 Å². The number of amides is 1. The topological polar surface area (TPSA) is 55.1 Å². The summed E-state index contributed by atoms with van der Waals surface area (Å²) in [7, 11) is 0. The molecule has 0 aliphatic heterocycles. The second-order valence-corrected chi connectivity index (χ2v) is 5.30. The summed E-state index contributed by atoms with van der Waals surface area (Å²) < 4.78 is 13.0. The number of halogens is 3. The Bertz CT molecular complexity index is 653. The molecule has 2 aromatic rings. The van der Waals surface area contributed by atoms with Crippen molar-refractivity contribution in [1.29, 1.82) is 0 Å². The molecule has 0 aromatic heterocycles. The third kappa shape index (κ3) is 4.09. The molecule has 0 saturated carbocycles. The highest BCUT2D eigenvalue weighted by atomic mass is 35.5. The van der Waals surface area contributed by atoms with Crippen molar-refractivity contribution in [3.05, 3.63) is 63.4 Å². The highest BCUT2D eigenvalue weighted by Crippen LogP contribution is 2.28. The molecule has 3 nitrogen and oxygen atoms in total. The summed E-state index contributed by atoms with van der Waals surface area (Å²) >= 11 is 11.8. The van der Waals surface area contributed by atoms with Gasteiger partial charge in [0.2, 0.25) is 0 Å². The van der Waals surface area contributed by atoms with Crippen LogP contribution in [0.2, 0.25) is 10.0 Å². The van der Waals surface area contributed by atoms with Crippen molar-refractivity contribution in [1.82, 2.24) is 5.32 Å². The van der Waals surface area contributed by atoms with Gasteiger partial charge in [0.25, 0.3) is 5.91 Å². The van der Waals surface area contributed by atoms with Gasteiger partial charge in [0.05, 0.1) is 15.7 Å². The van der Waals surface area contributed by atoms with Crippen molar-refractivity contribution in [3.8, 4) is 0 Å². The first-order valence-corrected chi connectivity index (χ1v) is 7.00. The first-order valence-electron chi connectivity index (χ1n) is 6.24. The highest BCUT2D eigenvalue weighted by Gasteiger charge is 2.10. The van der Waals surface area contributed by atoms with E-state index in [9.17, 15) is 9.18 Å². The number of carbonyl (C=O) groups is 1. The minimum Gasteiger partial charge on any atom is -0.396 e. The van der Waals surface area contributed by atoms with Gasteiger partial charge in [-0.15, -0.1) is 0 Å². The minimum atomic E-state index is -0.310. The number of nitrogens with one attached hydrogen (secondary N) is 1. The van der Waals surface area contributed by atoms with Gasteiger partial charge in [0.1, 0.15) is 5.82 Å². The molecular weight excluding hydrogens is 314 g/mol. The Morgan fingerprint density at radius 1 is 1.19 bits per heavy atom. The van der Waals surface area contributed by atoms with E-state index in [4.69, 9.17) is 28.9 Å². The van der Waals surface area contributed by atoms with Crippen LogP contribution >= 0.6 is 23.2 Å². The Morgan fingerprint density at radius 2 is 1.86 bits per heavy atom. The summed E-state index contributed by atoms with van der Waals surface area (Å²) in [6, 6.07) is 9.16. The Kier molecular flexibility index (Phi) is 5.04. The van der Waals surface area contributed by atoms with E-state index in [1.54, 1.807) is 12.1 Å². The lowest BCUT2D eigenvalue weighted by Gasteiger charge is -2.08. The van der Waals surface area contributed by atoms with Crippen LogP contribution in [0, 0.1) is 5.82 Å². The molecule has 110 valence electrons. The van der Waals surface area contributed by atoms with Crippen LogP contribution in [0.5, 0.6) is 0 Å². The van der Waals surface area contributed by atoms with E-state index in [1.165, 1.54) is 24.3 Å². The molecule has 0 bridgehead atoms. The maximum absolute atomic E-state index is 13.0. The maximum atomic E-state index is 13.0. The van der Waals surface area contributed by atoms with E-state index in [0.717, 1.165) is 5.56 Å². The smallest absolute Gasteiger partial charge is 0.251 e. The zero-order valence-electron chi connectivity index (χ0n) is 11.0. The molecule has 6 heteroatoms. The Labute approximate surface area is 131 Å². The molecule has 0 spiro atoms. The average molecular weight is 327 g/mol. The molecule has 1 amide bonds. The van der Waals surface area contributed by atoms with Crippen LogP contribution in [0.15, 0.2) is 36.4 Å². The summed E-state index contributed by atoms with van der Waals surface area (Å²) in [6.07, 6.45) is 0.528. The molecule has 0 radical (unpaired) electrons. The predicted molar refractivity (Wildman–Crippen MR) is 83.3 cm³/mol. The van der Waals surface area contributed by atoms with Crippen LogP contribution in [0.25, 0.3) is 0 Å². The summed E-state index contributed by atoms with van der Waals surface area (Å²) in [5.74, 6) is -0.605. The molecule has 0 atom stereocenters. The van der Waals surface area contributed by atoms with Gasteiger partial charge >= 0.3 is 0 Å². The molecule has 0 aliphatic rings. The summed E-state index contributed by atoms with van der Waals surface area (Å²) in [4.78, 5) is 12.0. The van der Waals surface area contributed by atoms with Crippen molar-refractivity contribution in [2.45, 2.75) is 6.42 Å². The van der Waals surface area contributed by atoms with Crippen LogP contribution in [-0.2, 0) is 6.42 Å². The fourth-order valence-corrected chi connectivity index (χ4v) is 2.32. The first kappa shape index (κ1) is 15.6. The minimum absolute atomic E-state index is 0.234. The second-order valence-electron chi connectivity index (χ2n) is 4.49. The van der Waals surface area contributed by atoms with Crippen LogP contribution in [0.4, 0.5) is 10.1 Å². The maximum Gasteiger partial charge on any atom is 0.251 e. The zero-order valence-corrected chi connectivity index (χ0v) is 12.5. The molecule has 0 heterocycles. The molecule has 0 aliphatic carbocycles. The fourth-order valence-electron chi connectivity index (χ4n) is 1.83. The van der Waals surface area contributed by atoms with Crippen LogP contribution in [-0.4, -0.2) is 12.5 Å². The van der Waals surface area contributed by atoms with Crippen LogP contribution < -0.4 is 11.1 Å². The number of nitrogen functional groups attached to an aromatic ring is 1. The third-order valence-corrected chi connectivity index (χ3v) is 3.55. The first-order chi connectivity index (χ1) is 9.97. The highest BCUT2D eigenvalue weighted by molar-refractivity contribution is 6.39. The second kappa shape index (κ2) is 6.78. The molecule has 2 aromatic carbocycles. The van der Waals surface area contributed by atoms with Crippen LogP contribution in [0.1, 0.15) is 15.9 Å². The van der Waals surface area contributed by atoms with Gasteiger partial charge in [0, 0.05) is 12.1 Å². The summed E-state index contributed by atoms with van der Waals surface area (Å²) in [5.41, 5.74) is 7.00. The molecule has 0 unspecified atom stereocenters. The largest absolute Gasteiger partial charge is 0.396 e. The fraction of sp³-hybridized carbons (Fsp3) is 0.133. The zero-order chi connectivity index (χ0) is 15.4. The SMILES string of the molecule is Nc1c(Cl)cc(C(=O)NCCc2cccc(F)c2)cc1Cl. The molecular formula is C15H13Cl2FN2O. The van der Waals surface area contributed by atoms with E-state index in [0.29, 0.717) is 18.5 Å². The number of benzene rings is 2. The van der Waals surface area contributed by atoms with E-state index >= 15 is 0 Å². The van der Waals surface area contributed by atoms with Gasteiger partial charge in [-0.05, 0) is 36.2 Å². The van der Waals surface area contributed by atoms with Crippen molar-refractivity contribution in [3.63, 3.8) is 0 Å². The van der Waals surface area contributed by atoms with E-state index < -0.39 is 0 Å². The van der Waals surface area contributed by atoms with Crippen molar-refractivity contribution >= 4 is 34.8 Å². The Balaban J connectivity index is 1.96. The quantitative estimate of drug-likeness (QED) is 0.842. The lowest BCUT2D eigenvalue weighted by atomic mass is 10.1. The Hall–Kier alpha value is -1.78. The third-order valence-electron chi connectivity index (χ3n) is 2.93. The monoisotopic (exact) mass is 326 g/mol. The van der Waals surface area contributed by atoms with Gasteiger partial charge in [-0.1, -0.05) is 35.3 Å². The van der Waals surface area contributed by atoms with Crippen molar-refractivity contribution in [2.24, 2.45) is 0 Å². The number of rotatable bonds is 4.